The molecule has 5 nitrogen and oxygen atoms in total. The molecule has 1 aliphatic rings. The van der Waals surface area contributed by atoms with Crippen LogP contribution in [0.2, 0.25) is 10.0 Å². The van der Waals surface area contributed by atoms with Crippen molar-refractivity contribution in [3.05, 3.63) is 34.3 Å². The molecule has 1 aliphatic heterocycles. The summed E-state index contributed by atoms with van der Waals surface area (Å²) in [6, 6.07) is 7.08. The van der Waals surface area contributed by atoms with Crippen LogP contribution in [-0.2, 0) is 14.3 Å². The van der Waals surface area contributed by atoms with E-state index in [4.69, 9.17) is 27.9 Å². The van der Waals surface area contributed by atoms with Crippen LogP contribution in [0.15, 0.2) is 24.3 Å². The Bertz CT molecular complexity index is 523. The molecule has 24 heavy (non-hydrogen) atoms. The molecule has 1 atom stereocenters. The fourth-order valence-electron chi connectivity index (χ4n) is 1.72. The lowest BCUT2D eigenvalue weighted by molar-refractivity contribution is -0.130. The van der Waals surface area contributed by atoms with Gasteiger partial charge in [0.2, 0.25) is 5.91 Å². The number of rotatable bonds is 4. The van der Waals surface area contributed by atoms with Crippen molar-refractivity contribution in [3.8, 4) is 0 Å². The molecule has 0 bridgehead atoms. The zero-order chi connectivity index (χ0) is 17.9. The molecule has 0 aromatic heterocycles. The van der Waals surface area contributed by atoms with E-state index in [1.807, 2.05) is 18.0 Å². The fraction of sp³-hybridized carbons (Fsp3) is 0.500. The van der Waals surface area contributed by atoms with Crippen LogP contribution >= 0.6 is 35.0 Å². The molecule has 1 aromatic carbocycles. The minimum absolute atomic E-state index is 0.0318. The maximum absolute atomic E-state index is 11.7. The van der Waals surface area contributed by atoms with E-state index < -0.39 is 0 Å². The van der Waals surface area contributed by atoms with Crippen LogP contribution < -0.4 is 5.43 Å². The van der Waals surface area contributed by atoms with E-state index in [1.165, 1.54) is 18.7 Å². The molecule has 1 N–H and O–H groups in total. The number of halogens is 2. The van der Waals surface area contributed by atoms with Gasteiger partial charge in [0.05, 0.1) is 13.2 Å². The predicted octanol–water partition coefficient (Wildman–Crippen LogP) is 3.26. The number of carbonyl (C=O) groups is 2. The molecule has 1 amide bonds. The van der Waals surface area contributed by atoms with E-state index in [-0.39, 0.29) is 16.9 Å². The van der Waals surface area contributed by atoms with E-state index in [2.05, 4.69) is 5.43 Å². The Labute approximate surface area is 157 Å². The van der Waals surface area contributed by atoms with Gasteiger partial charge in [0.15, 0.2) is 5.12 Å². The van der Waals surface area contributed by atoms with E-state index in [0.29, 0.717) is 29.0 Å². The van der Waals surface area contributed by atoms with E-state index in [1.54, 1.807) is 18.2 Å². The van der Waals surface area contributed by atoms with Gasteiger partial charge in [-0.05, 0) is 18.2 Å². The molecule has 2 rings (SSSR count). The number of hydrogen-bond acceptors (Lipinski definition) is 5. The Morgan fingerprint density at radius 1 is 1.29 bits per heavy atom. The second-order valence-corrected chi connectivity index (χ2v) is 7.29. The smallest absolute Gasteiger partial charge is 0.237 e. The van der Waals surface area contributed by atoms with Gasteiger partial charge in [-0.3, -0.25) is 15.0 Å². The second kappa shape index (κ2) is 11.7. The fourth-order valence-corrected chi connectivity index (χ4v) is 2.79. The normalized spacial score (nSPS) is 15.8. The highest BCUT2D eigenvalue weighted by Gasteiger charge is 2.18. The molecule has 0 saturated carbocycles. The molecule has 1 fully saturated rings. The maximum Gasteiger partial charge on any atom is 0.237 e. The zero-order valence-corrected chi connectivity index (χ0v) is 16.1. The lowest BCUT2D eigenvalue weighted by atomic mass is 10.2. The van der Waals surface area contributed by atoms with Crippen molar-refractivity contribution in [2.75, 3.05) is 32.1 Å². The average molecular weight is 393 g/mol. The van der Waals surface area contributed by atoms with Gasteiger partial charge in [-0.1, -0.05) is 48.0 Å². The number of morpholine rings is 1. The van der Waals surface area contributed by atoms with Gasteiger partial charge in [-0.2, -0.15) is 0 Å². The molecular formula is C16H22Cl2N2O3S. The van der Waals surface area contributed by atoms with Crippen molar-refractivity contribution in [1.29, 1.82) is 0 Å². The summed E-state index contributed by atoms with van der Waals surface area (Å²) < 4.78 is 5.18. The van der Waals surface area contributed by atoms with Gasteiger partial charge in [0.25, 0.3) is 0 Å². The molecule has 1 aromatic rings. The first kappa shape index (κ1) is 21.3. The van der Waals surface area contributed by atoms with Gasteiger partial charge in [-0.25, -0.2) is 5.01 Å². The first-order valence-electron chi connectivity index (χ1n) is 7.56. The van der Waals surface area contributed by atoms with Crippen LogP contribution in [0.3, 0.4) is 0 Å². The third-order valence-corrected chi connectivity index (χ3v) is 4.59. The number of hydrogen-bond donors (Lipinski definition) is 1. The standard InChI is InChI=1S/C10H18N2O3S.C6H4Cl2/c1-8(7-16-9(2)13)10(14)11-12-3-5-15-6-4-12;7-5-2-1-3-6(8)4-5/h8H,3-7H2,1-2H3,(H,11,14);1-4H. The van der Waals surface area contributed by atoms with Gasteiger partial charge < -0.3 is 4.74 Å². The molecule has 1 heterocycles. The molecule has 0 aliphatic carbocycles. The van der Waals surface area contributed by atoms with E-state index >= 15 is 0 Å². The van der Waals surface area contributed by atoms with Crippen LogP contribution in [0.1, 0.15) is 13.8 Å². The van der Waals surface area contributed by atoms with E-state index in [9.17, 15) is 9.59 Å². The van der Waals surface area contributed by atoms with Crippen LogP contribution in [0.25, 0.3) is 0 Å². The Balaban J connectivity index is 0.000000300. The Morgan fingerprint density at radius 3 is 2.33 bits per heavy atom. The van der Waals surface area contributed by atoms with Crippen LogP contribution in [-0.4, -0.2) is 48.1 Å². The Kier molecular flexibility index (Phi) is 10.4. The molecule has 134 valence electrons. The number of nitrogens with one attached hydrogen (secondary N) is 1. The summed E-state index contributed by atoms with van der Waals surface area (Å²) in [6.45, 7) is 6.08. The molecule has 0 radical (unpaired) electrons. The monoisotopic (exact) mass is 392 g/mol. The van der Waals surface area contributed by atoms with Crippen molar-refractivity contribution in [3.63, 3.8) is 0 Å². The topological polar surface area (TPSA) is 58.6 Å². The summed E-state index contributed by atoms with van der Waals surface area (Å²) in [6.07, 6.45) is 0. The van der Waals surface area contributed by atoms with Gasteiger partial charge in [-0.15, -0.1) is 0 Å². The quantitative estimate of drug-likeness (QED) is 0.851. The van der Waals surface area contributed by atoms with E-state index in [0.717, 1.165) is 13.1 Å². The van der Waals surface area contributed by atoms with Gasteiger partial charge >= 0.3 is 0 Å². The highest BCUT2D eigenvalue weighted by Crippen LogP contribution is 2.14. The number of nitrogens with zero attached hydrogens (tertiary/aromatic N) is 1. The maximum atomic E-state index is 11.7. The highest BCUT2D eigenvalue weighted by molar-refractivity contribution is 8.13. The van der Waals surface area contributed by atoms with Crippen molar-refractivity contribution < 1.29 is 14.3 Å². The van der Waals surface area contributed by atoms with Crippen LogP contribution in [0, 0.1) is 5.92 Å². The number of ether oxygens (including phenoxy) is 1. The average Bonchev–Trinajstić information content (AvgIpc) is 2.54. The summed E-state index contributed by atoms with van der Waals surface area (Å²) in [5, 5.41) is 3.27. The number of hydrazine groups is 1. The summed E-state index contributed by atoms with van der Waals surface area (Å²) in [7, 11) is 0. The van der Waals surface area contributed by atoms with Crippen molar-refractivity contribution in [2.24, 2.45) is 5.92 Å². The number of thioether (sulfide) groups is 1. The minimum Gasteiger partial charge on any atom is -0.379 e. The summed E-state index contributed by atoms with van der Waals surface area (Å²) >= 11 is 12.3. The Hall–Kier alpha value is -0.790. The zero-order valence-electron chi connectivity index (χ0n) is 13.8. The second-order valence-electron chi connectivity index (χ2n) is 5.22. The summed E-state index contributed by atoms with van der Waals surface area (Å²) in [4.78, 5) is 22.5. The van der Waals surface area contributed by atoms with Crippen LogP contribution in [0.4, 0.5) is 0 Å². The Morgan fingerprint density at radius 2 is 1.88 bits per heavy atom. The first-order valence-corrected chi connectivity index (χ1v) is 9.30. The van der Waals surface area contributed by atoms with Gasteiger partial charge in [0.1, 0.15) is 0 Å². The number of amides is 1. The largest absolute Gasteiger partial charge is 0.379 e. The van der Waals surface area contributed by atoms with Crippen molar-refractivity contribution >= 4 is 46.0 Å². The minimum atomic E-state index is -0.156. The molecule has 1 unspecified atom stereocenters. The first-order chi connectivity index (χ1) is 11.4. The molecule has 0 spiro atoms. The SMILES string of the molecule is CC(=O)SCC(C)C(=O)NN1CCOCC1.Clc1cccc(Cl)c1. The lowest BCUT2D eigenvalue weighted by Gasteiger charge is -2.28. The van der Waals surface area contributed by atoms with Crippen molar-refractivity contribution in [1.82, 2.24) is 10.4 Å². The van der Waals surface area contributed by atoms with Crippen molar-refractivity contribution in [2.45, 2.75) is 13.8 Å². The highest BCUT2D eigenvalue weighted by atomic mass is 35.5. The van der Waals surface area contributed by atoms with Crippen LogP contribution in [0.5, 0.6) is 0 Å². The summed E-state index contributed by atoms with van der Waals surface area (Å²) in [5.74, 6) is 0.346. The number of carbonyl (C=O) groups excluding carboxylic acids is 2. The predicted molar refractivity (Wildman–Crippen MR) is 99.3 cm³/mol. The third-order valence-electron chi connectivity index (χ3n) is 3.05. The third kappa shape index (κ3) is 9.49. The summed E-state index contributed by atoms with van der Waals surface area (Å²) in [5.41, 5.74) is 2.83. The molecule has 8 heteroatoms. The lowest BCUT2D eigenvalue weighted by Crippen LogP contribution is -2.50. The molecular weight excluding hydrogens is 371 g/mol. The molecule has 1 saturated heterocycles. The van der Waals surface area contributed by atoms with Gasteiger partial charge in [0, 0.05) is 41.7 Å². The number of benzene rings is 1.